The molecule has 0 heterocycles. The van der Waals surface area contributed by atoms with Crippen LogP contribution in [0.5, 0.6) is 11.5 Å². The first-order chi connectivity index (χ1) is 12.6. The predicted molar refractivity (Wildman–Crippen MR) is 110 cm³/mol. The van der Waals surface area contributed by atoms with Gasteiger partial charge in [0.05, 0.1) is 5.76 Å². The zero-order chi connectivity index (χ0) is 19.9. The molecule has 144 valence electrons. The van der Waals surface area contributed by atoms with Gasteiger partial charge in [0, 0.05) is 23.5 Å². The van der Waals surface area contributed by atoms with Crippen LogP contribution in [0.1, 0.15) is 65.5 Å². The number of hydrogen-bond acceptors (Lipinski definition) is 3. The maximum atomic E-state index is 10.9. The molecular weight excluding hydrogens is 336 g/mol. The first-order valence-electron chi connectivity index (χ1n) is 9.60. The highest BCUT2D eigenvalue weighted by atomic mass is 16.3. The largest absolute Gasteiger partial charge is 0.513 e. The zero-order valence-electron chi connectivity index (χ0n) is 16.9. The van der Waals surface area contributed by atoms with Crippen molar-refractivity contribution in [3.05, 3.63) is 69.5 Å². The first kappa shape index (κ1) is 19.3. The van der Waals surface area contributed by atoms with Crippen LogP contribution >= 0.6 is 0 Å². The van der Waals surface area contributed by atoms with E-state index < -0.39 is 0 Å². The van der Waals surface area contributed by atoms with Crippen molar-refractivity contribution >= 4 is 0 Å². The zero-order valence-corrected chi connectivity index (χ0v) is 16.9. The lowest BCUT2D eigenvalue weighted by Crippen LogP contribution is -2.29. The molecule has 2 aromatic carbocycles. The van der Waals surface area contributed by atoms with E-state index in [4.69, 9.17) is 0 Å². The average molecular weight is 367 g/mol. The fourth-order valence-electron chi connectivity index (χ4n) is 4.58. The summed E-state index contributed by atoms with van der Waals surface area (Å²) >= 11 is 0. The fourth-order valence-corrected chi connectivity index (χ4v) is 4.58. The number of aliphatic hydroxyl groups is 1. The minimum atomic E-state index is -0.221. The molecule has 0 bridgehead atoms. The van der Waals surface area contributed by atoms with E-state index in [1.807, 2.05) is 58.0 Å². The molecule has 0 saturated heterocycles. The molecule has 2 aromatic rings. The summed E-state index contributed by atoms with van der Waals surface area (Å²) in [6.07, 6.45) is 3.99. The summed E-state index contributed by atoms with van der Waals surface area (Å²) in [7, 11) is 0. The van der Waals surface area contributed by atoms with E-state index >= 15 is 0 Å². The number of aliphatic hydroxyl groups excluding tert-OH is 1. The van der Waals surface area contributed by atoms with Crippen LogP contribution < -0.4 is 0 Å². The van der Waals surface area contributed by atoms with Gasteiger partial charge in [0.15, 0.2) is 0 Å². The number of rotatable bonds is 3. The third-order valence-corrected chi connectivity index (χ3v) is 6.02. The van der Waals surface area contributed by atoms with Crippen molar-refractivity contribution < 1.29 is 15.3 Å². The Labute approximate surface area is 162 Å². The quantitative estimate of drug-likeness (QED) is 0.615. The molecule has 0 fully saturated rings. The van der Waals surface area contributed by atoms with Gasteiger partial charge in [-0.05, 0) is 63.2 Å². The van der Waals surface area contributed by atoms with Crippen molar-refractivity contribution in [3.63, 3.8) is 0 Å². The molecule has 1 aliphatic rings. The normalized spacial score (nSPS) is 20.0. The smallest absolute Gasteiger partial charge is 0.122 e. The molecule has 3 rings (SSSR count). The Kier molecular flexibility index (Phi) is 4.98. The van der Waals surface area contributed by atoms with Crippen LogP contribution in [-0.4, -0.2) is 15.3 Å². The molecule has 0 amide bonds. The molecule has 1 aliphatic carbocycles. The lowest BCUT2D eigenvalue weighted by atomic mass is 9.63. The maximum absolute atomic E-state index is 10.9. The third kappa shape index (κ3) is 3.55. The van der Waals surface area contributed by atoms with Crippen LogP contribution in [0.2, 0.25) is 0 Å². The van der Waals surface area contributed by atoms with Crippen LogP contribution in [0.15, 0.2) is 36.1 Å². The van der Waals surface area contributed by atoms with Gasteiger partial charge < -0.3 is 15.3 Å². The molecule has 3 N–H and O–H groups in total. The van der Waals surface area contributed by atoms with Crippen molar-refractivity contribution in [2.45, 2.75) is 59.8 Å². The topological polar surface area (TPSA) is 60.7 Å². The number of aryl methyl sites for hydroxylation is 4. The first-order valence-corrected chi connectivity index (χ1v) is 9.60. The van der Waals surface area contributed by atoms with Gasteiger partial charge >= 0.3 is 0 Å². The van der Waals surface area contributed by atoms with Gasteiger partial charge in [-0.1, -0.05) is 42.3 Å². The number of allylic oxidation sites excluding steroid dienone is 2. The predicted octanol–water partition coefficient (Wildman–Crippen LogP) is 6.10. The molecule has 3 nitrogen and oxygen atoms in total. The molecule has 0 aromatic heterocycles. The Bertz CT molecular complexity index is 853. The number of hydrogen-bond donors (Lipinski definition) is 3. The van der Waals surface area contributed by atoms with E-state index in [1.165, 1.54) is 0 Å². The number of benzene rings is 2. The highest BCUT2D eigenvalue weighted by Gasteiger charge is 2.40. The van der Waals surface area contributed by atoms with E-state index in [1.54, 1.807) is 0 Å². The second kappa shape index (κ2) is 6.95. The van der Waals surface area contributed by atoms with E-state index in [0.29, 0.717) is 30.1 Å². The molecule has 1 atom stereocenters. The van der Waals surface area contributed by atoms with Crippen LogP contribution in [0, 0.1) is 33.1 Å². The molecule has 1 unspecified atom stereocenters. The lowest BCUT2D eigenvalue weighted by Gasteiger charge is -2.41. The molecule has 0 radical (unpaired) electrons. The summed E-state index contributed by atoms with van der Waals surface area (Å²) in [4.78, 5) is 0. The van der Waals surface area contributed by atoms with Crippen LogP contribution in [0.25, 0.3) is 0 Å². The van der Waals surface area contributed by atoms with Gasteiger partial charge in [-0.15, -0.1) is 0 Å². The molecule has 27 heavy (non-hydrogen) atoms. The second-order valence-corrected chi connectivity index (χ2v) is 8.53. The third-order valence-electron chi connectivity index (χ3n) is 6.02. The molecule has 3 heteroatoms. The average Bonchev–Trinajstić information content (AvgIpc) is 2.59. The van der Waals surface area contributed by atoms with Gasteiger partial charge in [0.1, 0.15) is 11.5 Å². The molecular formula is C24H30O3. The minimum absolute atomic E-state index is 0.168. The highest BCUT2D eigenvalue weighted by molar-refractivity contribution is 5.54. The molecule has 0 aliphatic heterocycles. The number of phenols is 2. The van der Waals surface area contributed by atoms with E-state index in [0.717, 1.165) is 39.8 Å². The summed E-state index contributed by atoms with van der Waals surface area (Å²) in [5.74, 6) is 0.855. The van der Waals surface area contributed by atoms with E-state index in [2.05, 4.69) is 6.92 Å². The Morgan fingerprint density at radius 3 is 1.70 bits per heavy atom. The summed E-state index contributed by atoms with van der Waals surface area (Å²) < 4.78 is 0. The Hall–Kier alpha value is -2.42. The van der Waals surface area contributed by atoms with Crippen LogP contribution in [0.3, 0.4) is 0 Å². The number of aromatic hydroxyl groups is 2. The van der Waals surface area contributed by atoms with Crippen LogP contribution in [-0.2, 0) is 0 Å². The second-order valence-electron chi connectivity index (χ2n) is 8.53. The van der Waals surface area contributed by atoms with Crippen LogP contribution in [0.4, 0.5) is 0 Å². The van der Waals surface area contributed by atoms with Crippen molar-refractivity contribution in [2.24, 2.45) is 5.41 Å². The Morgan fingerprint density at radius 1 is 0.815 bits per heavy atom. The van der Waals surface area contributed by atoms with Crippen molar-refractivity contribution in [1.29, 1.82) is 0 Å². The van der Waals surface area contributed by atoms with Gasteiger partial charge in [0.2, 0.25) is 0 Å². The number of phenolic OH excluding ortho intramolecular Hbond substituents is 2. The van der Waals surface area contributed by atoms with Gasteiger partial charge in [-0.2, -0.15) is 0 Å². The molecule has 0 spiro atoms. The van der Waals surface area contributed by atoms with Crippen molar-refractivity contribution in [1.82, 2.24) is 0 Å². The van der Waals surface area contributed by atoms with Gasteiger partial charge in [0.25, 0.3) is 0 Å². The highest BCUT2D eigenvalue weighted by Crippen LogP contribution is 2.54. The standard InChI is InChI=1S/C24H30O3/c1-14-10-16(3)22(26)19(12-14)21(24(5)8-6-18(25)7-9-24)20-13-15(2)11-17(4)23(20)27/h6,10-13,21,25-27H,7-9H2,1-5H3. The minimum Gasteiger partial charge on any atom is -0.513 e. The van der Waals surface area contributed by atoms with E-state index in [9.17, 15) is 15.3 Å². The van der Waals surface area contributed by atoms with Crippen molar-refractivity contribution in [3.8, 4) is 11.5 Å². The SMILES string of the molecule is Cc1cc(C)c(O)c(C(c2cc(C)cc(C)c2O)C2(C)CC=C(O)CC2)c1. The lowest BCUT2D eigenvalue weighted by molar-refractivity contribution is 0.214. The van der Waals surface area contributed by atoms with Crippen molar-refractivity contribution in [2.75, 3.05) is 0 Å². The maximum Gasteiger partial charge on any atom is 0.122 e. The van der Waals surface area contributed by atoms with Gasteiger partial charge in [-0.3, -0.25) is 0 Å². The Morgan fingerprint density at radius 2 is 1.30 bits per heavy atom. The summed E-state index contributed by atoms with van der Waals surface area (Å²) in [5.41, 5.74) is 5.35. The molecule has 0 saturated carbocycles. The Balaban J connectivity index is 2.29. The van der Waals surface area contributed by atoms with E-state index in [-0.39, 0.29) is 11.3 Å². The fraction of sp³-hybridized carbons (Fsp3) is 0.417. The van der Waals surface area contributed by atoms with Gasteiger partial charge in [-0.25, -0.2) is 0 Å². The summed E-state index contributed by atoms with van der Waals surface area (Å²) in [5, 5.41) is 31.8. The monoisotopic (exact) mass is 366 g/mol. The summed E-state index contributed by atoms with van der Waals surface area (Å²) in [6, 6.07) is 8.03. The summed E-state index contributed by atoms with van der Waals surface area (Å²) in [6.45, 7) is 10.1.